The summed E-state index contributed by atoms with van der Waals surface area (Å²) in [7, 11) is 1.63. The largest absolute Gasteiger partial charge is 0.497 e. The van der Waals surface area contributed by atoms with Crippen LogP contribution in [0.5, 0.6) is 11.5 Å². The topological polar surface area (TPSA) is 18.5 Å². The molecule has 1 aromatic rings. The maximum Gasteiger partial charge on any atom is 0.130 e. The first-order valence-corrected chi connectivity index (χ1v) is 4.36. The monoisotopic (exact) mass is 190 g/mol. The molecular weight excluding hydrogens is 176 g/mol. The Kier molecular flexibility index (Phi) is 3.80. The van der Waals surface area contributed by atoms with Crippen molar-refractivity contribution in [2.45, 2.75) is 0 Å². The quantitative estimate of drug-likeness (QED) is 0.665. The minimum Gasteiger partial charge on any atom is -0.497 e. The lowest BCUT2D eigenvalue weighted by atomic mass is 10.2. The van der Waals surface area contributed by atoms with Crippen LogP contribution < -0.4 is 9.47 Å². The summed E-state index contributed by atoms with van der Waals surface area (Å²) in [6, 6.07) is 5.61. The summed E-state index contributed by atoms with van der Waals surface area (Å²) in [6.45, 7) is 7.78. The van der Waals surface area contributed by atoms with Gasteiger partial charge < -0.3 is 9.47 Å². The lowest BCUT2D eigenvalue weighted by Crippen LogP contribution is -1.95. The molecule has 0 saturated heterocycles. The Morgan fingerprint density at radius 1 is 1.36 bits per heavy atom. The van der Waals surface area contributed by atoms with Crippen molar-refractivity contribution in [3.05, 3.63) is 43.0 Å². The Morgan fingerprint density at radius 3 is 2.71 bits per heavy atom. The molecule has 2 heteroatoms. The van der Waals surface area contributed by atoms with E-state index in [1.807, 2.05) is 18.2 Å². The molecule has 0 N–H and O–H groups in total. The molecule has 0 aromatic heterocycles. The molecular formula is C12H14O2. The number of methoxy groups -OCH3 is 1. The molecule has 0 saturated carbocycles. The number of ether oxygens (including phenoxy) is 2. The summed E-state index contributed by atoms with van der Waals surface area (Å²) in [5.41, 5.74) is 0.952. The van der Waals surface area contributed by atoms with Crippen LogP contribution in [0.25, 0.3) is 6.08 Å². The van der Waals surface area contributed by atoms with Crippen molar-refractivity contribution in [2.75, 3.05) is 13.7 Å². The van der Waals surface area contributed by atoms with Crippen LogP contribution in [0.2, 0.25) is 0 Å². The van der Waals surface area contributed by atoms with Crippen LogP contribution in [0.3, 0.4) is 0 Å². The van der Waals surface area contributed by atoms with Gasteiger partial charge in [0, 0.05) is 11.6 Å². The van der Waals surface area contributed by atoms with Gasteiger partial charge in [-0.2, -0.15) is 0 Å². The highest BCUT2D eigenvalue weighted by molar-refractivity contribution is 5.57. The molecule has 1 aromatic carbocycles. The molecule has 0 radical (unpaired) electrons. The van der Waals surface area contributed by atoms with Gasteiger partial charge in [0.05, 0.1) is 7.11 Å². The van der Waals surface area contributed by atoms with Crippen LogP contribution in [0.1, 0.15) is 5.56 Å². The van der Waals surface area contributed by atoms with Gasteiger partial charge in [0.2, 0.25) is 0 Å². The van der Waals surface area contributed by atoms with Crippen molar-refractivity contribution in [3.8, 4) is 11.5 Å². The number of hydrogen-bond donors (Lipinski definition) is 0. The summed E-state index contributed by atoms with van der Waals surface area (Å²) in [5, 5.41) is 0. The second kappa shape index (κ2) is 5.12. The zero-order valence-electron chi connectivity index (χ0n) is 8.32. The molecule has 0 atom stereocenters. The molecule has 0 amide bonds. The number of benzene rings is 1. The molecule has 0 unspecified atom stereocenters. The van der Waals surface area contributed by atoms with Crippen LogP contribution in [0, 0.1) is 0 Å². The van der Waals surface area contributed by atoms with E-state index in [9.17, 15) is 0 Å². The normalized spacial score (nSPS) is 9.21. The summed E-state index contributed by atoms with van der Waals surface area (Å²) < 4.78 is 10.5. The van der Waals surface area contributed by atoms with Crippen LogP contribution in [0.4, 0.5) is 0 Å². The third-order valence-corrected chi connectivity index (χ3v) is 1.80. The molecule has 14 heavy (non-hydrogen) atoms. The molecule has 0 aliphatic carbocycles. The maximum atomic E-state index is 5.45. The number of rotatable bonds is 5. The molecule has 0 spiro atoms. The average molecular weight is 190 g/mol. The van der Waals surface area contributed by atoms with Crippen molar-refractivity contribution in [1.82, 2.24) is 0 Å². The fourth-order valence-electron chi connectivity index (χ4n) is 1.08. The average Bonchev–Trinajstić information content (AvgIpc) is 2.25. The highest BCUT2D eigenvalue weighted by Crippen LogP contribution is 2.25. The zero-order valence-corrected chi connectivity index (χ0v) is 8.32. The smallest absolute Gasteiger partial charge is 0.130 e. The van der Waals surface area contributed by atoms with E-state index in [4.69, 9.17) is 9.47 Å². The highest BCUT2D eigenvalue weighted by atomic mass is 16.5. The zero-order chi connectivity index (χ0) is 10.4. The standard InChI is InChI=1S/C12H14O2/c1-4-8-14-12-9-11(13-3)7-6-10(12)5-2/h4-7,9H,1-2,8H2,3H3. The Bertz CT molecular complexity index is 329. The molecule has 0 heterocycles. The number of hydrogen-bond acceptors (Lipinski definition) is 2. The van der Waals surface area contributed by atoms with E-state index in [2.05, 4.69) is 13.2 Å². The minimum atomic E-state index is 0.480. The second-order valence-electron chi connectivity index (χ2n) is 2.71. The first kappa shape index (κ1) is 10.4. The molecule has 0 bridgehead atoms. The van der Waals surface area contributed by atoms with Gasteiger partial charge in [-0.15, -0.1) is 0 Å². The van der Waals surface area contributed by atoms with Gasteiger partial charge >= 0.3 is 0 Å². The maximum absolute atomic E-state index is 5.45. The third kappa shape index (κ3) is 2.39. The summed E-state index contributed by atoms with van der Waals surface area (Å²) in [6.07, 6.45) is 3.45. The van der Waals surface area contributed by atoms with Gasteiger partial charge in [-0.1, -0.05) is 25.3 Å². The summed E-state index contributed by atoms with van der Waals surface area (Å²) >= 11 is 0. The van der Waals surface area contributed by atoms with E-state index in [1.54, 1.807) is 19.3 Å². The highest BCUT2D eigenvalue weighted by Gasteiger charge is 2.01. The minimum absolute atomic E-state index is 0.480. The molecule has 74 valence electrons. The molecule has 1 rings (SSSR count). The SMILES string of the molecule is C=CCOc1cc(OC)ccc1C=C. The molecule has 2 nitrogen and oxygen atoms in total. The fourth-order valence-corrected chi connectivity index (χ4v) is 1.08. The first-order valence-electron chi connectivity index (χ1n) is 4.36. The van der Waals surface area contributed by atoms with Gasteiger partial charge in [-0.3, -0.25) is 0 Å². The van der Waals surface area contributed by atoms with E-state index in [-0.39, 0.29) is 0 Å². The van der Waals surface area contributed by atoms with Crippen molar-refractivity contribution >= 4 is 6.08 Å². The first-order chi connectivity index (χ1) is 6.81. The van der Waals surface area contributed by atoms with Gasteiger partial charge in [0.1, 0.15) is 18.1 Å². The van der Waals surface area contributed by atoms with Crippen molar-refractivity contribution in [1.29, 1.82) is 0 Å². The molecule has 0 aliphatic rings. The van der Waals surface area contributed by atoms with E-state index >= 15 is 0 Å². The van der Waals surface area contributed by atoms with E-state index < -0.39 is 0 Å². The Morgan fingerprint density at radius 2 is 2.14 bits per heavy atom. The van der Waals surface area contributed by atoms with Crippen LogP contribution in [0.15, 0.2) is 37.4 Å². The lowest BCUT2D eigenvalue weighted by molar-refractivity contribution is 0.356. The van der Waals surface area contributed by atoms with Crippen LogP contribution in [-0.2, 0) is 0 Å². The summed E-state index contributed by atoms with van der Waals surface area (Å²) in [4.78, 5) is 0. The van der Waals surface area contributed by atoms with Gasteiger partial charge in [0.25, 0.3) is 0 Å². The third-order valence-electron chi connectivity index (χ3n) is 1.80. The molecule has 0 fully saturated rings. The van der Waals surface area contributed by atoms with E-state index in [1.165, 1.54) is 0 Å². The Labute approximate surface area is 84.5 Å². The molecule has 0 aliphatic heterocycles. The lowest BCUT2D eigenvalue weighted by Gasteiger charge is -2.08. The van der Waals surface area contributed by atoms with E-state index in [0.29, 0.717) is 6.61 Å². The van der Waals surface area contributed by atoms with Crippen LogP contribution in [-0.4, -0.2) is 13.7 Å². The summed E-state index contributed by atoms with van der Waals surface area (Å²) in [5.74, 6) is 1.54. The predicted molar refractivity (Wildman–Crippen MR) is 58.8 cm³/mol. The Hall–Kier alpha value is -1.70. The van der Waals surface area contributed by atoms with E-state index in [0.717, 1.165) is 17.1 Å². The predicted octanol–water partition coefficient (Wildman–Crippen LogP) is 2.90. The van der Waals surface area contributed by atoms with Gasteiger partial charge in [-0.05, 0) is 12.1 Å². The van der Waals surface area contributed by atoms with Crippen molar-refractivity contribution in [3.63, 3.8) is 0 Å². The van der Waals surface area contributed by atoms with Crippen molar-refractivity contribution in [2.24, 2.45) is 0 Å². The van der Waals surface area contributed by atoms with Gasteiger partial charge in [0.15, 0.2) is 0 Å². The van der Waals surface area contributed by atoms with Crippen LogP contribution >= 0.6 is 0 Å². The fraction of sp³-hybridized carbons (Fsp3) is 0.167. The van der Waals surface area contributed by atoms with Crippen molar-refractivity contribution < 1.29 is 9.47 Å². The Balaban J connectivity index is 2.95. The second-order valence-corrected chi connectivity index (χ2v) is 2.71. The van der Waals surface area contributed by atoms with Gasteiger partial charge in [-0.25, -0.2) is 0 Å².